The fraction of sp³-hybridized carbons (Fsp3) is 0.500. The number of aliphatic hydroxyl groups is 1. The molecular weight excluding hydrogens is 208 g/mol. The summed E-state index contributed by atoms with van der Waals surface area (Å²) >= 11 is 0. The Balaban J connectivity index is 2.32. The highest BCUT2D eigenvalue weighted by molar-refractivity contribution is 5.50. The highest BCUT2D eigenvalue weighted by Gasteiger charge is 1.97. The Labute approximate surface area is 105 Å². The summed E-state index contributed by atoms with van der Waals surface area (Å²) in [5.74, 6) is 0.437. The molecule has 0 aliphatic carbocycles. The SMILES string of the molecule is CCc1cccc(/C=C/CCC[C@@H](C)CO)c1. The van der Waals surface area contributed by atoms with Crippen LogP contribution in [-0.2, 0) is 6.42 Å². The van der Waals surface area contributed by atoms with Gasteiger partial charge in [0.1, 0.15) is 0 Å². The van der Waals surface area contributed by atoms with Gasteiger partial charge in [0.05, 0.1) is 0 Å². The number of aliphatic hydroxyl groups excluding tert-OH is 1. The molecule has 0 saturated carbocycles. The smallest absolute Gasteiger partial charge is 0.0456 e. The van der Waals surface area contributed by atoms with E-state index in [2.05, 4.69) is 50.3 Å². The molecular formula is C16H24O. The summed E-state index contributed by atoms with van der Waals surface area (Å²) in [7, 11) is 0. The molecule has 1 N–H and O–H groups in total. The Hall–Kier alpha value is -1.08. The second kappa shape index (κ2) is 8.08. The van der Waals surface area contributed by atoms with E-state index >= 15 is 0 Å². The normalized spacial score (nSPS) is 13.1. The number of allylic oxidation sites excluding steroid dienone is 1. The van der Waals surface area contributed by atoms with E-state index in [1.165, 1.54) is 11.1 Å². The first-order chi connectivity index (χ1) is 8.26. The fourth-order valence-electron chi connectivity index (χ4n) is 1.81. The maximum atomic E-state index is 8.91. The molecule has 0 fully saturated rings. The molecule has 0 aromatic heterocycles. The molecule has 1 aromatic carbocycles. The molecule has 1 aromatic rings. The minimum atomic E-state index is 0.308. The monoisotopic (exact) mass is 232 g/mol. The summed E-state index contributed by atoms with van der Waals surface area (Å²) < 4.78 is 0. The van der Waals surface area contributed by atoms with Crippen LogP contribution in [0, 0.1) is 5.92 Å². The quantitative estimate of drug-likeness (QED) is 0.703. The van der Waals surface area contributed by atoms with E-state index in [9.17, 15) is 0 Å². The minimum absolute atomic E-state index is 0.308. The van der Waals surface area contributed by atoms with E-state index in [-0.39, 0.29) is 0 Å². The molecule has 0 aliphatic rings. The lowest BCUT2D eigenvalue weighted by atomic mass is 10.0. The molecule has 0 spiro atoms. The van der Waals surface area contributed by atoms with Gasteiger partial charge in [0.25, 0.3) is 0 Å². The van der Waals surface area contributed by atoms with Crippen LogP contribution in [0.2, 0.25) is 0 Å². The summed E-state index contributed by atoms with van der Waals surface area (Å²) in [5.41, 5.74) is 2.68. The van der Waals surface area contributed by atoms with E-state index < -0.39 is 0 Å². The van der Waals surface area contributed by atoms with Crippen LogP contribution in [-0.4, -0.2) is 11.7 Å². The van der Waals surface area contributed by atoms with E-state index in [1.807, 2.05) is 0 Å². The van der Waals surface area contributed by atoms with Crippen LogP contribution in [0.4, 0.5) is 0 Å². The van der Waals surface area contributed by atoms with E-state index in [0.717, 1.165) is 25.7 Å². The van der Waals surface area contributed by atoms with Gasteiger partial charge in [0, 0.05) is 6.61 Å². The van der Waals surface area contributed by atoms with Crippen molar-refractivity contribution in [3.05, 3.63) is 41.5 Å². The Kier molecular flexibility index (Phi) is 6.64. The zero-order chi connectivity index (χ0) is 12.5. The molecule has 0 aliphatic heterocycles. The van der Waals surface area contributed by atoms with E-state index in [1.54, 1.807) is 0 Å². The molecule has 0 unspecified atom stereocenters. The van der Waals surface area contributed by atoms with Gasteiger partial charge in [-0.05, 0) is 42.7 Å². The third-order valence-corrected chi connectivity index (χ3v) is 3.05. The van der Waals surface area contributed by atoms with Gasteiger partial charge in [-0.3, -0.25) is 0 Å². The second-order valence-electron chi connectivity index (χ2n) is 4.72. The van der Waals surface area contributed by atoms with Crippen molar-refractivity contribution in [3.8, 4) is 0 Å². The molecule has 1 heteroatoms. The fourth-order valence-corrected chi connectivity index (χ4v) is 1.81. The highest BCUT2D eigenvalue weighted by atomic mass is 16.3. The molecule has 0 bridgehead atoms. The number of hydrogen-bond acceptors (Lipinski definition) is 1. The van der Waals surface area contributed by atoms with Crippen molar-refractivity contribution in [1.29, 1.82) is 0 Å². The molecule has 0 radical (unpaired) electrons. The summed E-state index contributed by atoms with van der Waals surface area (Å²) in [6, 6.07) is 8.67. The van der Waals surface area contributed by atoms with Crippen molar-refractivity contribution in [2.75, 3.05) is 6.61 Å². The molecule has 94 valence electrons. The second-order valence-corrected chi connectivity index (χ2v) is 4.72. The van der Waals surface area contributed by atoms with Gasteiger partial charge in [-0.1, -0.05) is 50.3 Å². The summed E-state index contributed by atoms with van der Waals surface area (Å²) in [6.07, 6.45) is 8.89. The van der Waals surface area contributed by atoms with Gasteiger partial charge in [0.15, 0.2) is 0 Å². The van der Waals surface area contributed by atoms with Gasteiger partial charge >= 0.3 is 0 Å². The number of rotatable bonds is 7. The molecule has 1 atom stereocenters. The largest absolute Gasteiger partial charge is 0.396 e. The molecule has 1 nitrogen and oxygen atoms in total. The lowest BCUT2D eigenvalue weighted by molar-refractivity contribution is 0.228. The van der Waals surface area contributed by atoms with Crippen molar-refractivity contribution < 1.29 is 5.11 Å². The standard InChI is InChI=1S/C16H24O/c1-3-15-10-7-11-16(12-15)9-6-4-5-8-14(2)13-17/h6-7,9-12,14,17H,3-5,8,13H2,1-2H3/b9-6+/t14-/m1/s1. The number of aryl methyl sites for hydroxylation is 1. The minimum Gasteiger partial charge on any atom is -0.396 e. The molecule has 1 rings (SSSR count). The van der Waals surface area contributed by atoms with Crippen molar-refractivity contribution in [1.82, 2.24) is 0 Å². The number of benzene rings is 1. The average molecular weight is 232 g/mol. The molecule has 0 amide bonds. The van der Waals surface area contributed by atoms with Crippen LogP contribution in [0.1, 0.15) is 44.2 Å². The summed E-state index contributed by atoms with van der Waals surface area (Å²) in [6.45, 7) is 4.58. The van der Waals surface area contributed by atoms with Crippen LogP contribution in [0.3, 0.4) is 0 Å². The topological polar surface area (TPSA) is 20.2 Å². The maximum absolute atomic E-state index is 8.91. The van der Waals surface area contributed by atoms with Gasteiger partial charge in [-0.2, -0.15) is 0 Å². The Morgan fingerprint density at radius 3 is 2.88 bits per heavy atom. The maximum Gasteiger partial charge on any atom is 0.0456 e. The van der Waals surface area contributed by atoms with Crippen LogP contribution < -0.4 is 0 Å². The van der Waals surface area contributed by atoms with E-state index in [4.69, 9.17) is 5.11 Å². The predicted molar refractivity (Wildman–Crippen MR) is 75.0 cm³/mol. The predicted octanol–water partition coefficient (Wildman–Crippen LogP) is 4.06. The third-order valence-electron chi connectivity index (χ3n) is 3.05. The first-order valence-corrected chi connectivity index (χ1v) is 6.62. The lowest BCUT2D eigenvalue weighted by Gasteiger charge is -2.04. The van der Waals surface area contributed by atoms with E-state index in [0.29, 0.717) is 12.5 Å². The van der Waals surface area contributed by atoms with Gasteiger partial charge in [-0.25, -0.2) is 0 Å². The lowest BCUT2D eigenvalue weighted by Crippen LogP contribution is -1.99. The van der Waals surface area contributed by atoms with Crippen molar-refractivity contribution in [2.24, 2.45) is 5.92 Å². The number of hydrogen-bond donors (Lipinski definition) is 1. The molecule has 0 heterocycles. The Morgan fingerprint density at radius 1 is 1.35 bits per heavy atom. The Bertz CT molecular complexity index is 341. The zero-order valence-electron chi connectivity index (χ0n) is 11.0. The first-order valence-electron chi connectivity index (χ1n) is 6.62. The van der Waals surface area contributed by atoms with Gasteiger partial charge in [0.2, 0.25) is 0 Å². The Morgan fingerprint density at radius 2 is 2.18 bits per heavy atom. The third kappa shape index (κ3) is 5.69. The number of unbranched alkanes of at least 4 members (excludes halogenated alkanes) is 1. The summed E-state index contributed by atoms with van der Waals surface area (Å²) in [4.78, 5) is 0. The van der Waals surface area contributed by atoms with Crippen LogP contribution in [0.5, 0.6) is 0 Å². The highest BCUT2D eigenvalue weighted by Crippen LogP contribution is 2.10. The van der Waals surface area contributed by atoms with Crippen LogP contribution >= 0.6 is 0 Å². The van der Waals surface area contributed by atoms with Crippen molar-refractivity contribution in [2.45, 2.75) is 39.5 Å². The molecule has 0 saturated heterocycles. The zero-order valence-corrected chi connectivity index (χ0v) is 11.0. The first kappa shape index (κ1) is 14.0. The van der Waals surface area contributed by atoms with Gasteiger partial charge < -0.3 is 5.11 Å². The molecule has 17 heavy (non-hydrogen) atoms. The van der Waals surface area contributed by atoms with Crippen LogP contribution in [0.25, 0.3) is 6.08 Å². The van der Waals surface area contributed by atoms with Crippen molar-refractivity contribution >= 4 is 6.08 Å². The average Bonchev–Trinajstić information content (AvgIpc) is 2.38. The summed E-state index contributed by atoms with van der Waals surface area (Å²) in [5, 5.41) is 8.91. The van der Waals surface area contributed by atoms with Gasteiger partial charge in [-0.15, -0.1) is 0 Å². The van der Waals surface area contributed by atoms with Crippen LogP contribution in [0.15, 0.2) is 30.3 Å². The van der Waals surface area contributed by atoms with Crippen molar-refractivity contribution in [3.63, 3.8) is 0 Å².